The van der Waals surface area contributed by atoms with Crippen LogP contribution in [-0.2, 0) is 9.84 Å². The van der Waals surface area contributed by atoms with Gasteiger partial charge in [0.2, 0.25) is 0 Å². The standard InChI is InChI=1S/C11H13ClFNO2S/c12-9-3-1-2-8(10(9)13)11(14)7-4-5-17(15,16)6-7/h1-3,7,11H,4-6,14H2. The highest BCUT2D eigenvalue weighted by Gasteiger charge is 2.33. The van der Waals surface area contributed by atoms with Crippen LogP contribution >= 0.6 is 11.6 Å². The quantitative estimate of drug-likeness (QED) is 0.898. The lowest BCUT2D eigenvalue weighted by Gasteiger charge is -2.19. The molecule has 2 atom stereocenters. The van der Waals surface area contributed by atoms with E-state index in [1.807, 2.05) is 0 Å². The molecule has 1 aliphatic rings. The first-order chi connectivity index (χ1) is 7.91. The first-order valence-corrected chi connectivity index (χ1v) is 7.50. The van der Waals surface area contributed by atoms with E-state index in [0.29, 0.717) is 12.0 Å². The molecule has 3 nitrogen and oxygen atoms in total. The van der Waals surface area contributed by atoms with Gasteiger partial charge in [0, 0.05) is 11.6 Å². The normalized spacial score (nSPS) is 24.8. The van der Waals surface area contributed by atoms with Crippen LogP contribution in [0.5, 0.6) is 0 Å². The second kappa shape index (κ2) is 4.55. The third-order valence-electron chi connectivity index (χ3n) is 3.12. The van der Waals surface area contributed by atoms with Gasteiger partial charge in [-0.3, -0.25) is 0 Å². The highest BCUT2D eigenvalue weighted by molar-refractivity contribution is 7.91. The van der Waals surface area contributed by atoms with Gasteiger partial charge in [0.1, 0.15) is 5.82 Å². The third-order valence-corrected chi connectivity index (χ3v) is 5.20. The Hall–Kier alpha value is -0.650. The molecule has 94 valence electrons. The summed E-state index contributed by atoms with van der Waals surface area (Å²) in [5.74, 6) is -0.618. The van der Waals surface area contributed by atoms with Crippen LogP contribution in [-0.4, -0.2) is 19.9 Å². The predicted molar refractivity (Wildman–Crippen MR) is 65.1 cm³/mol. The van der Waals surface area contributed by atoms with Gasteiger partial charge in [0.15, 0.2) is 9.84 Å². The van der Waals surface area contributed by atoms with Crippen molar-refractivity contribution in [1.82, 2.24) is 0 Å². The Labute approximate surface area is 105 Å². The monoisotopic (exact) mass is 277 g/mol. The van der Waals surface area contributed by atoms with E-state index in [4.69, 9.17) is 17.3 Å². The molecule has 1 heterocycles. The molecule has 1 aliphatic heterocycles. The number of halogens is 2. The average molecular weight is 278 g/mol. The van der Waals surface area contributed by atoms with E-state index in [-0.39, 0.29) is 22.4 Å². The number of hydrogen-bond donors (Lipinski definition) is 1. The molecule has 0 aromatic heterocycles. The Morgan fingerprint density at radius 1 is 1.47 bits per heavy atom. The molecule has 1 aromatic rings. The van der Waals surface area contributed by atoms with Gasteiger partial charge in [0.25, 0.3) is 0 Å². The van der Waals surface area contributed by atoms with Crippen molar-refractivity contribution in [3.05, 3.63) is 34.6 Å². The molecule has 0 aliphatic carbocycles. The fourth-order valence-electron chi connectivity index (χ4n) is 2.14. The summed E-state index contributed by atoms with van der Waals surface area (Å²) in [6.45, 7) is 0. The van der Waals surface area contributed by atoms with Gasteiger partial charge in [-0.2, -0.15) is 0 Å². The fourth-order valence-corrected chi connectivity index (χ4v) is 4.18. The molecular weight excluding hydrogens is 265 g/mol. The third kappa shape index (κ3) is 2.61. The summed E-state index contributed by atoms with van der Waals surface area (Å²) in [6, 6.07) is 3.99. The topological polar surface area (TPSA) is 60.2 Å². The van der Waals surface area contributed by atoms with Crippen molar-refractivity contribution in [2.45, 2.75) is 12.5 Å². The van der Waals surface area contributed by atoms with E-state index in [9.17, 15) is 12.8 Å². The van der Waals surface area contributed by atoms with Crippen LogP contribution in [0.1, 0.15) is 18.0 Å². The zero-order valence-corrected chi connectivity index (χ0v) is 10.6. The zero-order chi connectivity index (χ0) is 12.6. The van der Waals surface area contributed by atoms with Gasteiger partial charge in [-0.25, -0.2) is 12.8 Å². The molecule has 1 fully saturated rings. The van der Waals surface area contributed by atoms with Crippen molar-refractivity contribution in [2.24, 2.45) is 11.7 Å². The molecule has 2 rings (SSSR count). The molecule has 6 heteroatoms. The minimum Gasteiger partial charge on any atom is -0.324 e. The van der Waals surface area contributed by atoms with E-state index in [0.717, 1.165) is 0 Å². The second-order valence-electron chi connectivity index (χ2n) is 4.33. The second-order valence-corrected chi connectivity index (χ2v) is 6.97. The molecule has 17 heavy (non-hydrogen) atoms. The van der Waals surface area contributed by atoms with Gasteiger partial charge in [-0.15, -0.1) is 0 Å². The summed E-state index contributed by atoms with van der Waals surface area (Å²) in [7, 11) is -3.01. The lowest BCUT2D eigenvalue weighted by atomic mass is 9.93. The lowest BCUT2D eigenvalue weighted by molar-refractivity contribution is 0.459. The molecule has 2 N–H and O–H groups in total. The Kier molecular flexibility index (Phi) is 3.43. The van der Waals surface area contributed by atoms with Gasteiger partial charge >= 0.3 is 0 Å². The molecule has 1 aromatic carbocycles. The van der Waals surface area contributed by atoms with E-state index in [1.54, 1.807) is 12.1 Å². The van der Waals surface area contributed by atoms with Gasteiger partial charge in [-0.1, -0.05) is 23.7 Å². The van der Waals surface area contributed by atoms with E-state index < -0.39 is 21.7 Å². The van der Waals surface area contributed by atoms with Crippen molar-refractivity contribution in [3.8, 4) is 0 Å². The van der Waals surface area contributed by atoms with Crippen molar-refractivity contribution in [2.75, 3.05) is 11.5 Å². The molecule has 0 saturated carbocycles. The van der Waals surface area contributed by atoms with E-state index in [2.05, 4.69) is 0 Å². The molecule has 0 radical (unpaired) electrons. The smallest absolute Gasteiger partial charge is 0.150 e. The van der Waals surface area contributed by atoms with Gasteiger partial charge < -0.3 is 5.73 Å². The molecule has 2 unspecified atom stereocenters. The number of nitrogens with two attached hydrogens (primary N) is 1. The van der Waals surface area contributed by atoms with E-state index >= 15 is 0 Å². The molecule has 1 saturated heterocycles. The van der Waals surface area contributed by atoms with Crippen LogP contribution < -0.4 is 5.73 Å². The Morgan fingerprint density at radius 2 is 2.18 bits per heavy atom. The van der Waals surface area contributed by atoms with Crippen LogP contribution in [0.25, 0.3) is 0 Å². The maximum absolute atomic E-state index is 13.7. The summed E-state index contributed by atoms with van der Waals surface area (Å²) < 4.78 is 36.4. The average Bonchev–Trinajstić information content (AvgIpc) is 2.62. The van der Waals surface area contributed by atoms with Crippen molar-refractivity contribution < 1.29 is 12.8 Å². The lowest BCUT2D eigenvalue weighted by Crippen LogP contribution is -2.23. The highest BCUT2D eigenvalue weighted by Crippen LogP contribution is 2.32. The predicted octanol–water partition coefficient (Wildman–Crippen LogP) is 1.91. The maximum atomic E-state index is 13.7. The minimum absolute atomic E-state index is 0.0128. The first-order valence-electron chi connectivity index (χ1n) is 5.30. The summed E-state index contributed by atoms with van der Waals surface area (Å²) in [5, 5.41) is 0.0128. The number of sulfone groups is 1. The summed E-state index contributed by atoms with van der Waals surface area (Å²) >= 11 is 5.67. The van der Waals surface area contributed by atoms with Gasteiger partial charge in [0.05, 0.1) is 16.5 Å². The minimum atomic E-state index is -3.01. The van der Waals surface area contributed by atoms with E-state index in [1.165, 1.54) is 6.07 Å². The number of rotatable bonds is 2. The maximum Gasteiger partial charge on any atom is 0.150 e. The zero-order valence-electron chi connectivity index (χ0n) is 9.07. The molecule has 0 bridgehead atoms. The Morgan fingerprint density at radius 3 is 2.76 bits per heavy atom. The van der Waals surface area contributed by atoms with Crippen LogP contribution in [0, 0.1) is 11.7 Å². The first kappa shape index (κ1) is 12.8. The highest BCUT2D eigenvalue weighted by atomic mass is 35.5. The fraction of sp³-hybridized carbons (Fsp3) is 0.455. The largest absolute Gasteiger partial charge is 0.324 e. The number of benzene rings is 1. The Balaban J connectivity index is 2.26. The van der Waals surface area contributed by atoms with Crippen molar-refractivity contribution >= 4 is 21.4 Å². The van der Waals surface area contributed by atoms with Crippen LogP contribution in [0.15, 0.2) is 18.2 Å². The van der Waals surface area contributed by atoms with Crippen LogP contribution in [0.4, 0.5) is 4.39 Å². The van der Waals surface area contributed by atoms with Crippen LogP contribution in [0.3, 0.4) is 0 Å². The number of hydrogen-bond acceptors (Lipinski definition) is 3. The Bertz CT molecular complexity index is 532. The summed E-state index contributed by atoms with van der Waals surface area (Å²) in [4.78, 5) is 0. The molecule has 0 spiro atoms. The molecule has 0 amide bonds. The van der Waals surface area contributed by atoms with Crippen molar-refractivity contribution in [3.63, 3.8) is 0 Å². The molecular formula is C11H13ClFNO2S. The van der Waals surface area contributed by atoms with Crippen LogP contribution in [0.2, 0.25) is 5.02 Å². The SMILES string of the molecule is NC(c1cccc(Cl)c1F)C1CCS(=O)(=O)C1. The summed E-state index contributed by atoms with van der Waals surface area (Å²) in [5.41, 5.74) is 6.22. The summed E-state index contributed by atoms with van der Waals surface area (Å²) in [6.07, 6.45) is 0.482. The van der Waals surface area contributed by atoms with Gasteiger partial charge in [-0.05, 0) is 18.4 Å². The van der Waals surface area contributed by atoms with Crippen molar-refractivity contribution in [1.29, 1.82) is 0 Å².